The van der Waals surface area contributed by atoms with Gasteiger partial charge < -0.3 is 10.6 Å². The molecule has 0 radical (unpaired) electrons. The molecular weight excluding hydrogens is 198 g/mol. The molecule has 0 atom stereocenters. The van der Waals surface area contributed by atoms with Crippen LogP contribution in [0.3, 0.4) is 0 Å². The van der Waals surface area contributed by atoms with Crippen LogP contribution in [0, 0.1) is 12.3 Å². The fraction of sp³-hybridized carbons (Fsp3) is 0.615. The molecule has 0 bridgehead atoms. The first kappa shape index (κ1) is 11.4. The average molecular weight is 219 g/mol. The number of hydrogen-bond donors (Lipinski definition) is 1. The van der Waals surface area contributed by atoms with E-state index in [4.69, 9.17) is 5.73 Å². The fourth-order valence-electron chi connectivity index (χ4n) is 2.31. The van der Waals surface area contributed by atoms with Crippen molar-refractivity contribution in [1.82, 2.24) is 4.98 Å². The molecule has 0 saturated carbocycles. The van der Waals surface area contributed by atoms with Gasteiger partial charge in [-0.2, -0.15) is 0 Å². The van der Waals surface area contributed by atoms with Crippen molar-refractivity contribution in [3.05, 3.63) is 24.0 Å². The molecule has 3 nitrogen and oxygen atoms in total. The maximum Gasteiger partial charge on any atom is 0.0426 e. The van der Waals surface area contributed by atoms with Gasteiger partial charge in [-0.3, -0.25) is 4.98 Å². The molecule has 2 N–H and O–H groups in total. The van der Waals surface area contributed by atoms with E-state index in [-0.39, 0.29) is 0 Å². The summed E-state index contributed by atoms with van der Waals surface area (Å²) >= 11 is 0. The highest BCUT2D eigenvalue weighted by Gasteiger charge is 2.28. The van der Waals surface area contributed by atoms with E-state index in [1.54, 1.807) is 0 Å². The quantitative estimate of drug-likeness (QED) is 0.826. The van der Waals surface area contributed by atoms with Crippen LogP contribution in [0.4, 0.5) is 5.69 Å². The van der Waals surface area contributed by atoms with Crippen LogP contribution in [0.5, 0.6) is 0 Å². The van der Waals surface area contributed by atoms with Gasteiger partial charge in [-0.1, -0.05) is 6.92 Å². The SMILES string of the molecule is Cc1cnccc1N1CCC(C)(CN)CC1. The smallest absolute Gasteiger partial charge is 0.0426 e. The second-order valence-corrected chi connectivity index (χ2v) is 5.16. The first-order valence-corrected chi connectivity index (χ1v) is 6.00. The zero-order valence-electron chi connectivity index (χ0n) is 10.2. The molecule has 1 aromatic rings. The van der Waals surface area contributed by atoms with Gasteiger partial charge in [-0.25, -0.2) is 0 Å². The molecule has 1 aliphatic heterocycles. The summed E-state index contributed by atoms with van der Waals surface area (Å²) in [5, 5.41) is 0. The van der Waals surface area contributed by atoms with Crippen molar-refractivity contribution in [2.75, 3.05) is 24.5 Å². The molecule has 1 aliphatic rings. The van der Waals surface area contributed by atoms with Gasteiger partial charge in [-0.05, 0) is 43.4 Å². The summed E-state index contributed by atoms with van der Waals surface area (Å²) in [5.74, 6) is 0. The molecule has 1 aromatic heterocycles. The summed E-state index contributed by atoms with van der Waals surface area (Å²) in [6, 6.07) is 2.11. The topological polar surface area (TPSA) is 42.2 Å². The number of pyridine rings is 1. The number of aromatic nitrogens is 1. The van der Waals surface area contributed by atoms with Crippen LogP contribution < -0.4 is 10.6 Å². The molecule has 0 unspecified atom stereocenters. The predicted molar refractivity (Wildman–Crippen MR) is 67.6 cm³/mol. The predicted octanol–water partition coefficient (Wildman–Crippen LogP) is 1.96. The second kappa shape index (κ2) is 4.42. The number of rotatable bonds is 2. The van der Waals surface area contributed by atoms with E-state index in [1.165, 1.54) is 24.1 Å². The van der Waals surface area contributed by atoms with Crippen LogP contribution in [0.1, 0.15) is 25.3 Å². The molecule has 88 valence electrons. The second-order valence-electron chi connectivity index (χ2n) is 5.16. The lowest BCUT2D eigenvalue weighted by atomic mass is 9.80. The van der Waals surface area contributed by atoms with Gasteiger partial charge in [-0.15, -0.1) is 0 Å². The van der Waals surface area contributed by atoms with E-state index < -0.39 is 0 Å². The van der Waals surface area contributed by atoms with Gasteiger partial charge in [0.25, 0.3) is 0 Å². The van der Waals surface area contributed by atoms with Crippen LogP contribution in [-0.4, -0.2) is 24.6 Å². The Bertz CT molecular complexity index is 354. The number of nitrogens with zero attached hydrogens (tertiary/aromatic N) is 2. The van der Waals surface area contributed by atoms with Crippen LogP contribution >= 0.6 is 0 Å². The summed E-state index contributed by atoms with van der Waals surface area (Å²) in [4.78, 5) is 6.59. The summed E-state index contributed by atoms with van der Waals surface area (Å²) in [7, 11) is 0. The van der Waals surface area contributed by atoms with E-state index in [0.29, 0.717) is 5.41 Å². The Morgan fingerprint density at radius 1 is 1.44 bits per heavy atom. The summed E-state index contributed by atoms with van der Waals surface area (Å²) < 4.78 is 0. The van der Waals surface area contributed by atoms with E-state index in [9.17, 15) is 0 Å². The van der Waals surface area contributed by atoms with Gasteiger partial charge in [0.05, 0.1) is 0 Å². The zero-order chi connectivity index (χ0) is 11.6. The molecular formula is C13H21N3. The molecule has 2 rings (SSSR count). The van der Waals surface area contributed by atoms with E-state index in [0.717, 1.165) is 19.6 Å². The molecule has 0 aliphatic carbocycles. The van der Waals surface area contributed by atoms with Gasteiger partial charge in [0, 0.05) is 31.2 Å². The lowest BCUT2D eigenvalue weighted by molar-refractivity contribution is 0.258. The molecule has 16 heavy (non-hydrogen) atoms. The van der Waals surface area contributed by atoms with Crippen molar-refractivity contribution in [1.29, 1.82) is 0 Å². The molecule has 0 amide bonds. The van der Waals surface area contributed by atoms with Crippen LogP contribution in [-0.2, 0) is 0 Å². The third-order valence-electron chi connectivity index (χ3n) is 3.79. The Hall–Kier alpha value is -1.09. The largest absolute Gasteiger partial charge is 0.371 e. The molecule has 0 spiro atoms. The third-order valence-corrected chi connectivity index (χ3v) is 3.79. The Morgan fingerprint density at radius 3 is 2.69 bits per heavy atom. The highest BCUT2D eigenvalue weighted by molar-refractivity contribution is 5.51. The van der Waals surface area contributed by atoms with Crippen molar-refractivity contribution in [3.63, 3.8) is 0 Å². The highest BCUT2D eigenvalue weighted by atomic mass is 15.1. The Labute approximate surface area is 97.7 Å². The average Bonchev–Trinajstić information content (AvgIpc) is 2.31. The van der Waals surface area contributed by atoms with Crippen LogP contribution in [0.15, 0.2) is 18.5 Å². The van der Waals surface area contributed by atoms with Crippen molar-refractivity contribution >= 4 is 5.69 Å². The standard InChI is InChI=1S/C13H21N3/c1-11-9-15-6-3-12(11)16-7-4-13(2,10-14)5-8-16/h3,6,9H,4-5,7-8,10,14H2,1-2H3. The van der Waals surface area contributed by atoms with Crippen LogP contribution in [0.2, 0.25) is 0 Å². The van der Waals surface area contributed by atoms with Crippen molar-refractivity contribution in [2.45, 2.75) is 26.7 Å². The summed E-state index contributed by atoms with van der Waals surface area (Å²) in [6.45, 7) is 7.44. The molecule has 3 heteroatoms. The number of anilines is 1. The van der Waals surface area contributed by atoms with E-state index >= 15 is 0 Å². The third kappa shape index (κ3) is 2.19. The fourth-order valence-corrected chi connectivity index (χ4v) is 2.31. The number of piperidine rings is 1. The van der Waals surface area contributed by atoms with Crippen molar-refractivity contribution in [2.24, 2.45) is 11.1 Å². The Morgan fingerprint density at radius 2 is 2.12 bits per heavy atom. The summed E-state index contributed by atoms with van der Waals surface area (Å²) in [5.41, 5.74) is 8.76. The van der Waals surface area contributed by atoms with Crippen LogP contribution in [0.25, 0.3) is 0 Å². The number of nitrogens with two attached hydrogens (primary N) is 1. The van der Waals surface area contributed by atoms with Crippen molar-refractivity contribution < 1.29 is 0 Å². The maximum atomic E-state index is 5.82. The molecule has 0 aromatic carbocycles. The van der Waals surface area contributed by atoms with E-state index in [2.05, 4.69) is 29.8 Å². The van der Waals surface area contributed by atoms with Gasteiger partial charge >= 0.3 is 0 Å². The van der Waals surface area contributed by atoms with Gasteiger partial charge in [0.2, 0.25) is 0 Å². The minimum absolute atomic E-state index is 0.345. The monoisotopic (exact) mass is 219 g/mol. The Balaban J connectivity index is 2.07. The first-order valence-electron chi connectivity index (χ1n) is 6.00. The summed E-state index contributed by atoms with van der Waals surface area (Å²) in [6.07, 6.45) is 6.18. The molecule has 2 heterocycles. The minimum atomic E-state index is 0.345. The number of hydrogen-bond acceptors (Lipinski definition) is 3. The normalized spacial score (nSPS) is 19.8. The minimum Gasteiger partial charge on any atom is -0.371 e. The number of aryl methyl sites for hydroxylation is 1. The zero-order valence-corrected chi connectivity index (χ0v) is 10.2. The lowest BCUT2D eigenvalue weighted by Crippen LogP contribution is -2.42. The Kier molecular flexibility index (Phi) is 3.15. The lowest BCUT2D eigenvalue weighted by Gasteiger charge is -2.40. The maximum absolute atomic E-state index is 5.82. The molecule has 1 saturated heterocycles. The van der Waals surface area contributed by atoms with Gasteiger partial charge in [0.1, 0.15) is 0 Å². The van der Waals surface area contributed by atoms with E-state index in [1.807, 2.05) is 12.4 Å². The first-order chi connectivity index (χ1) is 7.64. The highest BCUT2D eigenvalue weighted by Crippen LogP contribution is 2.32. The van der Waals surface area contributed by atoms with Gasteiger partial charge in [0.15, 0.2) is 0 Å². The van der Waals surface area contributed by atoms with Crippen molar-refractivity contribution in [3.8, 4) is 0 Å². The molecule has 1 fully saturated rings.